The summed E-state index contributed by atoms with van der Waals surface area (Å²) < 4.78 is 46.6. The van der Waals surface area contributed by atoms with Gasteiger partial charge in [0.15, 0.2) is 0 Å². The van der Waals surface area contributed by atoms with Crippen LogP contribution in [0.5, 0.6) is 0 Å². The van der Waals surface area contributed by atoms with Gasteiger partial charge in [-0.25, -0.2) is 12.8 Å². The van der Waals surface area contributed by atoms with Gasteiger partial charge in [-0.05, 0) is 36.4 Å². The van der Waals surface area contributed by atoms with Gasteiger partial charge >= 0.3 is 0 Å². The standard InChI is InChI=1S/C17H16BrFN2O4S/c18-13-3-1-2-12(10-13)17(22)20-14-4-5-15(19)16(11-14)26(23,24)21-6-8-25-9-7-21/h1-5,10-11H,6-9H2,(H,20,22). The SMILES string of the molecule is O=C(Nc1ccc(F)c(S(=O)(=O)N2CCOCC2)c1)c1cccc(Br)c1. The van der Waals surface area contributed by atoms with Crippen molar-refractivity contribution < 1.29 is 22.3 Å². The van der Waals surface area contributed by atoms with Crippen molar-refractivity contribution >= 4 is 37.5 Å². The van der Waals surface area contributed by atoms with Gasteiger partial charge in [0.25, 0.3) is 5.91 Å². The van der Waals surface area contributed by atoms with Crippen molar-refractivity contribution in [1.29, 1.82) is 0 Å². The van der Waals surface area contributed by atoms with E-state index in [1.54, 1.807) is 24.3 Å². The summed E-state index contributed by atoms with van der Waals surface area (Å²) in [7, 11) is -4.00. The number of carbonyl (C=O) groups excluding carboxylic acids is 1. The maximum absolute atomic E-state index is 14.2. The number of benzene rings is 2. The summed E-state index contributed by atoms with van der Waals surface area (Å²) in [5.41, 5.74) is 0.587. The van der Waals surface area contributed by atoms with Crippen LogP contribution in [0, 0.1) is 5.82 Å². The monoisotopic (exact) mass is 442 g/mol. The number of sulfonamides is 1. The van der Waals surface area contributed by atoms with E-state index in [-0.39, 0.29) is 32.0 Å². The molecule has 3 rings (SSSR count). The number of anilines is 1. The number of halogens is 2. The first-order chi connectivity index (χ1) is 12.4. The molecule has 26 heavy (non-hydrogen) atoms. The molecule has 0 aliphatic carbocycles. The van der Waals surface area contributed by atoms with E-state index in [9.17, 15) is 17.6 Å². The molecule has 0 radical (unpaired) electrons. The fourth-order valence-corrected chi connectivity index (χ4v) is 4.44. The minimum absolute atomic E-state index is 0.163. The molecular weight excluding hydrogens is 427 g/mol. The molecule has 0 aromatic heterocycles. The lowest BCUT2D eigenvalue weighted by molar-refractivity contribution is 0.0729. The lowest BCUT2D eigenvalue weighted by Crippen LogP contribution is -2.40. The lowest BCUT2D eigenvalue weighted by atomic mass is 10.2. The summed E-state index contributed by atoms with van der Waals surface area (Å²) in [5, 5.41) is 2.59. The molecule has 0 bridgehead atoms. The average Bonchev–Trinajstić information content (AvgIpc) is 2.64. The van der Waals surface area contributed by atoms with Crippen LogP contribution in [-0.4, -0.2) is 44.9 Å². The molecule has 1 aliphatic heterocycles. The topological polar surface area (TPSA) is 75.7 Å². The fourth-order valence-electron chi connectivity index (χ4n) is 2.54. The minimum atomic E-state index is -4.00. The number of ether oxygens (including phenoxy) is 1. The van der Waals surface area contributed by atoms with E-state index in [1.165, 1.54) is 10.4 Å². The molecule has 1 amide bonds. The molecule has 1 saturated heterocycles. The number of morpholine rings is 1. The molecular formula is C17H16BrFN2O4S. The second-order valence-corrected chi connectivity index (χ2v) is 8.45. The third kappa shape index (κ3) is 4.12. The quantitative estimate of drug-likeness (QED) is 0.789. The van der Waals surface area contributed by atoms with Gasteiger partial charge in [0.1, 0.15) is 10.7 Å². The van der Waals surface area contributed by atoms with Crippen molar-refractivity contribution in [2.75, 3.05) is 31.6 Å². The Morgan fingerprint density at radius 3 is 2.58 bits per heavy atom. The van der Waals surface area contributed by atoms with E-state index in [2.05, 4.69) is 21.2 Å². The van der Waals surface area contributed by atoms with Crippen LogP contribution in [0.1, 0.15) is 10.4 Å². The Kier molecular flexibility index (Phi) is 5.71. The first-order valence-corrected chi connectivity index (χ1v) is 10.1. The molecule has 2 aromatic rings. The number of hydrogen-bond acceptors (Lipinski definition) is 4. The van der Waals surface area contributed by atoms with Crippen molar-refractivity contribution in [3.63, 3.8) is 0 Å². The molecule has 138 valence electrons. The van der Waals surface area contributed by atoms with Crippen molar-refractivity contribution in [2.24, 2.45) is 0 Å². The summed E-state index contributed by atoms with van der Waals surface area (Å²) in [6.45, 7) is 0.854. The molecule has 0 spiro atoms. The Balaban J connectivity index is 1.86. The van der Waals surface area contributed by atoms with Gasteiger partial charge in [-0.2, -0.15) is 4.31 Å². The highest BCUT2D eigenvalue weighted by Gasteiger charge is 2.29. The molecule has 0 saturated carbocycles. The summed E-state index contributed by atoms with van der Waals surface area (Å²) in [6, 6.07) is 10.2. The number of amides is 1. The zero-order valence-electron chi connectivity index (χ0n) is 13.6. The van der Waals surface area contributed by atoms with E-state index >= 15 is 0 Å². The third-order valence-corrected chi connectivity index (χ3v) is 6.27. The molecule has 1 fully saturated rings. The van der Waals surface area contributed by atoms with E-state index < -0.39 is 26.6 Å². The molecule has 9 heteroatoms. The first-order valence-electron chi connectivity index (χ1n) is 7.82. The number of hydrogen-bond donors (Lipinski definition) is 1. The van der Waals surface area contributed by atoms with Gasteiger partial charge in [-0.3, -0.25) is 4.79 Å². The van der Waals surface area contributed by atoms with Crippen LogP contribution in [0.25, 0.3) is 0 Å². The number of carbonyl (C=O) groups is 1. The third-order valence-electron chi connectivity index (χ3n) is 3.86. The Bertz CT molecular complexity index is 930. The highest BCUT2D eigenvalue weighted by atomic mass is 79.9. The van der Waals surface area contributed by atoms with Crippen LogP contribution in [0.4, 0.5) is 10.1 Å². The number of nitrogens with one attached hydrogen (secondary N) is 1. The van der Waals surface area contributed by atoms with Crippen LogP contribution in [0.3, 0.4) is 0 Å². The second-order valence-electron chi connectivity index (χ2n) is 5.63. The first kappa shape index (κ1) is 19.0. The van der Waals surface area contributed by atoms with E-state index in [0.717, 1.165) is 16.6 Å². The average molecular weight is 443 g/mol. The van der Waals surface area contributed by atoms with Gasteiger partial charge in [-0.1, -0.05) is 22.0 Å². The van der Waals surface area contributed by atoms with Crippen LogP contribution >= 0.6 is 15.9 Å². The zero-order valence-corrected chi connectivity index (χ0v) is 16.0. The summed E-state index contributed by atoms with van der Waals surface area (Å²) in [5.74, 6) is -1.29. The van der Waals surface area contributed by atoms with E-state index in [0.29, 0.717) is 5.56 Å². The normalized spacial score (nSPS) is 15.6. The van der Waals surface area contributed by atoms with Crippen molar-refractivity contribution in [2.45, 2.75) is 4.90 Å². The van der Waals surface area contributed by atoms with Crippen LogP contribution in [0.2, 0.25) is 0 Å². The lowest BCUT2D eigenvalue weighted by Gasteiger charge is -2.26. The number of nitrogens with zero attached hydrogens (tertiary/aromatic N) is 1. The van der Waals surface area contributed by atoms with E-state index in [4.69, 9.17) is 4.74 Å². The summed E-state index contributed by atoms with van der Waals surface area (Å²) >= 11 is 3.28. The predicted molar refractivity (Wildman–Crippen MR) is 98.1 cm³/mol. The van der Waals surface area contributed by atoms with E-state index in [1.807, 2.05) is 0 Å². The van der Waals surface area contributed by atoms with Crippen LogP contribution in [-0.2, 0) is 14.8 Å². The largest absolute Gasteiger partial charge is 0.379 e. The van der Waals surface area contributed by atoms with Gasteiger partial charge in [0.2, 0.25) is 10.0 Å². The Morgan fingerprint density at radius 2 is 1.88 bits per heavy atom. The van der Waals surface area contributed by atoms with Gasteiger partial charge < -0.3 is 10.1 Å². The molecule has 1 N–H and O–H groups in total. The summed E-state index contributed by atoms with van der Waals surface area (Å²) in [4.78, 5) is 11.8. The summed E-state index contributed by atoms with van der Waals surface area (Å²) in [6.07, 6.45) is 0. The second kappa shape index (κ2) is 7.83. The zero-order chi connectivity index (χ0) is 18.7. The molecule has 0 atom stereocenters. The van der Waals surface area contributed by atoms with Crippen LogP contribution in [0.15, 0.2) is 51.8 Å². The minimum Gasteiger partial charge on any atom is -0.379 e. The highest BCUT2D eigenvalue weighted by Crippen LogP contribution is 2.24. The Labute approximate surface area is 159 Å². The maximum atomic E-state index is 14.2. The van der Waals surface area contributed by atoms with Crippen molar-refractivity contribution in [3.05, 3.63) is 58.3 Å². The van der Waals surface area contributed by atoms with Gasteiger partial charge in [-0.15, -0.1) is 0 Å². The molecule has 1 aliphatic rings. The highest BCUT2D eigenvalue weighted by molar-refractivity contribution is 9.10. The van der Waals surface area contributed by atoms with Crippen LogP contribution < -0.4 is 5.32 Å². The Morgan fingerprint density at radius 1 is 1.15 bits per heavy atom. The van der Waals surface area contributed by atoms with Gasteiger partial charge in [0.05, 0.1) is 13.2 Å². The molecule has 2 aromatic carbocycles. The predicted octanol–water partition coefficient (Wildman–Crippen LogP) is 2.86. The van der Waals surface area contributed by atoms with Gasteiger partial charge in [0, 0.05) is 28.8 Å². The van der Waals surface area contributed by atoms with Crippen molar-refractivity contribution in [1.82, 2.24) is 4.31 Å². The molecule has 6 nitrogen and oxygen atoms in total. The fraction of sp³-hybridized carbons (Fsp3) is 0.235. The Hall–Kier alpha value is -1.81. The smallest absolute Gasteiger partial charge is 0.255 e. The molecule has 0 unspecified atom stereocenters. The van der Waals surface area contributed by atoms with Crippen molar-refractivity contribution in [3.8, 4) is 0 Å². The maximum Gasteiger partial charge on any atom is 0.255 e. The number of rotatable bonds is 4. The molecule has 1 heterocycles.